The van der Waals surface area contributed by atoms with Crippen molar-refractivity contribution in [1.29, 1.82) is 0 Å². The smallest absolute Gasteiger partial charge is 0.191 e. The van der Waals surface area contributed by atoms with Crippen molar-refractivity contribution in [3.05, 3.63) is 11.6 Å². The zero-order chi connectivity index (χ0) is 19.2. The molecule has 9 nitrogen and oxygen atoms in total. The van der Waals surface area contributed by atoms with E-state index in [1.165, 1.54) is 0 Å². The van der Waals surface area contributed by atoms with Crippen molar-refractivity contribution in [2.75, 3.05) is 60.7 Å². The van der Waals surface area contributed by atoms with Crippen LogP contribution in [0.1, 0.15) is 24.5 Å². The molecule has 0 saturated heterocycles. The Balaban J connectivity index is 0.00000676. The molecule has 10 heteroatoms. The third kappa shape index (κ3) is 11.5. The molecule has 0 bridgehead atoms. The van der Waals surface area contributed by atoms with Crippen molar-refractivity contribution in [3.63, 3.8) is 0 Å². The van der Waals surface area contributed by atoms with E-state index < -0.39 is 0 Å². The molecule has 1 heterocycles. The predicted molar refractivity (Wildman–Crippen MR) is 119 cm³/mol. The molecular formula is C17H36IN7O2. The Labute approximate surface area is 180 Å². The standard InChI is InChI=1S/C17H35N7O2.HI/c1-15-21-22-16(24(15)3)14-20-17(18-8-6-12-25-4)19-9-11-23(2)10-7-13-26-5;/h6-14H2,1-5H3,(H2,18,19,20);1H. The van der Waals surface area contributed by atoms with Crippen LogP contribution in [0.5, 0.6) is 0 Å². The normalized spacial score (nSPS) is 11.6. The first kappa shape index (κ1) is 26.0. The van der Waals surface area contributed by atoms with Crippen molar-refractivity contribution in [1.82, 2.24) is 30.3 Å². The van der Waals surface area contributed by atoms with Crippen LogP contribution >= 0.6 is 24.0 Å². The maximum absolute atomic E-state index is 5.09. The number of hydrogen-bond acceptors (Lipinski definition) is 6. The number of aryl methyl sites for hydroxylation is 1. The van der Waals surface area contributed by atoms with Gasteiger partial charge in [0, 0.05) is 60.7 Å². The number of nitrogens with zero attached hydrogens (tertiary/aromatic N) is 5. The van der Waals surface area contributed by atoms with E-state index in [0.717, 1.165) is 69.8 Å². The van der Waals surface area contributed by atoms with Crippen LogP contribution in [0.25, 0.3) is 0 Å². The first-order valence-corrected chi connectivity index (χ1v) is 9.12. The van der Waals surface area contributed by atoms with Gasteiger partial charge in [0.15, 0.2) is 11.8 Å². The summed E-state index contributed by atoms with van der Waals surface area (Å²) in [5.41, 5.74) is 0. The molecule has 0 saturated carbocycles. The Morgan fingerprint density at radius 1 is 1.07 bits per heavy atom. The first-order valence-electron chi connectivity index (χ1n) is 9.12. The van der Waals surface area contributed by atoms with Gasteiger partial charge in [-0.05, 0) is 26.8 Å². The highest BCUT2D eigenvalue weighted by Crippen LogP contribution is 1.99. The summed E-state index contributed by atoms with van der Waals surface area (Å²) in [6.45, 7) is 7.52. The number of aromatic nitrogens is 3. The molecule has 0 aromatic carbocycles. The van der Waals surface area contributed by atoms with Gasteiger partial charge in [-0.25, -0.2) is 4.99 Å². The van der Waals surface area contributed by atoms with E-state index in [0.29, 0.717) is 6.54 Å². The molecule has 0 spiro atoms. The second-order valence-electron chi connectivity index (χ2n) is 6.24. The highest BCUT2D eigenvalue weighted by atomic mass is 127. The van der Waals surface area contributed by atoms with Gasteiger partial charge in [-0.15, -0.1) is 34.2 Å². The molecule has 0 unspecified atom stereocenters. The average molecular weight is 497 g/mol. The number of ether oxygens (including phenoxy) is 2. The van der Waals surface area contributed by atoms with Crippen LogP contribution in [0.3, 0.4) is 0 Å². The van der Waals surface area contributed by atoms with E-state index in [-0.39, 0.29) is 24.0 Å². The molecular weight excluding hydrogens is 461 g/mol. The number of aliphatic imine (C=N–C) groups is 1. The summed E-state index contributed by atoms with van der Waals surface area (Å²) in [6, 6.07) is 0. The minimum atomic E-state index is 0. The summed E-state index contributed by atoms with van der Waals surface area (Å²) in [5.74, 6) is 2.51. The molecule has 1 aromatic rings. The van der Waals surface area contributed by atoms with Crippen LogP contribution in [0.15, 0.2) is 4.99 Å². The molecule has 0 radical (unpaired) electrons. The molecule has 2 N–H and O–H groups in total. The van der Waals surface area contributed by atoms with Gasteiger partial charge in [0.05, 0.1) is 0 Å². The summed E-state index contributed by atoms with van der Waals surface area (Å²) in [5, 5.41) is 15.0. The number of rotatable bonds is 13. The summed E-state index contributed by atoms with van der Waals surface area (Å²) >= 11 is 0. The largest absolute Gasteiger partial charge is 0.385 e. The lowest BCUT2D eigenvalue weighted by atomic mass is 10.4. The Morgan fingerprint density at radius 3 is 2.37 bits per heavy atom. The first-order chi connectivity index (χ1) is 12.6. The summed E-state index contributed by atoms with van der Waals surface area (Å²) in [4.78, 5) is 6.91. The molecule has 1 aromatic heterocycles. The average Bonchev–Trinajstić information content (AvgIpc) is 2.95. The number of methoxy groups -OCH3 is 2. The fraction of sp³-hybridized carbons (Fsp3) is 0.824. The lowest BCUT2D eigenvalue weighted by Crippen LogP contribution is -2.41. The van der Waals surface area contributed by atoms with Crippen LogP contribution in [-0.2, 0) is 23.1 Å². The van der Waals surface area contributed by atoms with Gasteiger partial charge in [0.1, 0.15) is 12.4 Å². The Bertz CT molecular complexity index is 525. The van der Waals surface area contributed by atoms with Crippen molar-refractivity contribution in [2.24, 2.45) is 12.0 Å². The van der Waals surface area contributed by atoms with E-state index in [2.05, 4.69) is 37.8 Å². The van der Waals surface area contributed by atoms with Crippen LogP contribution in [0.4, 0.5) is 0 Å². The minimum absolute atomic E-state index is 0. The number of likely N-dealkylation sites (N-methyl/N-ethyl adjacent to an activating group) is 1. The second kappa shape index (κ2) is 16.0. The van der Waals surface area contributed by atoms with Gasteiger partial charge < -0.3 is 29.6 Å². The number of hydrogen-bond donors (Lipinski definition) is 2. The van der Waals surface area contributed by atoms with Gasteiger partial charge in [0.25, 0.3) is 0 Å². The fourth-order valence-electron chi connectivity index (χ4n) is 2.29. The molecule has 27 heavy (non-hydrogen) atoms. The number of halogens is 1. The van der Waals surface area contributed by atoms with E-state index in [1.54, 1.807) is 14.2 Å². The quantitative estimate of drug-likeness (QED) is 0.180. The Morgan fingerprint density at radius 2 is 1.74 bits per heavy atom. The number of nitrogens with one attached hydrogen (secondary N) is 2. The molecule has 0 fully saturated rings. The van der Waals surface area contributed by atoms with Crippen molar-refractivity contribution >= 4 is 29.9 Å². The zero-order valence-corrected chi connectivity index (χ0v) is 19.7. The third-order valence-electron chi connectivity index (χ3n) is 4.05. The maximum Gasteiger partial charge on any atom is 0.191 e. The maximum atomic E-state index is 5.09. The van der Waals surface area contributed by atoms with Gasteiger partial charge in [-0.1, -0.05) is 0 Å². The van der Waals surface area contributed by atoms with Crippen LogP contribution in [-0.4, -0.2) is 86.3 Å². The topological polar surface area (TPSA) is 88.8 Å². The molecule has 0 aliphatic carbocycles. The molecule has 0 aliphatic heterocycles. The highest BCUT2D eigenvalue weighted by molar-refractivity contribution is 14.0. The van der Waals surface area contributed by atoms with Crippen LogP contribution < -0.4 is 10.6 Å². The van der Waals surface area contributed by atoms with E-state index in [9.17, 15) is 0 Å². The van der Waals surface area contributed by atoms with E-state index in [1.807, 2.05) is 18.5 Å². The fourth-order valence-corrected chi connectivity index (χ4v) is 2.29. The summed E-state index contributed by atoms with van der Waals surface area (Å²) < 4.78 is 12.1. The minimum Gasteiger partial charge on any atom is -0.385 e. The Kier molecular flexibility index (Phi) is 15.4. The van der Waals surface area contributed by atoms with Crippen LogP contribution in [0, 0.1) is 6.92 Å². The SMILES string of the molecule is COCCCNC(=NCc1nnc(C)n1C)NCCN(C)CCCOC.I. The predicted octanol–water partition coefficient (Wildman–Crippen LogP) is 0.782. The summed E-state index contributed by atoms with van der Waals surface area (Å²) in [6.07, 6.45) is 1.96. The zero-order valence-electron chi connectivity index (χ0n) is 17.3. The molecule has 0 aliphatic rings. The molecule has 0 atom stereocenters. The van der Waals surface area contributed by atoms with Crippen molar-refractivity contribution in [3.8, 4) is 0 Å². The second-order valence-corrected chi connectivity index (χ2v) is 6.24. The van der Waals surface area contributed by atoms with Gasteiger partial charge in [-0.2, -0.15) is 0 Å². The Hall–Kier alpha value is -0.980. The lowest BCUT2D eigenvalue weighted by Gasteiger charge is -2.18. The van der Waals surface area contributed by atoms with E-state index >= 15 is 0 Å². The molecule has 1 rings (SSSR count). The van der Waals surface area contributed by atoms with Gasteiger partial charge >= 0.3 is 0 Å². The van der Waals surface area contributed by atoms with Crippen LogP contribution in [0.2, 0.25) is 0 Å². The van der Waals surface area contributed by atoms with Crippen molar-refractivity contribution in [2.45, 2.75) is 26.3 Å². The highest BCUT2D eigenvalue weighted by Gasteiger charge is 2.05. The molecule has 158 valence electrons. The third-order valence-corrected chi connectivity index (χ3v) is 4.05. The van der Waals surface area contributed by atoms with Gasteiger partial charge in [-0.3, -0.25) is 0 Å². The summed E-state index contributed by atoms with van der Waals surface area (Å²) in [7, 11) is 7.51. The van der Waals surface area contributed by atoms with E-state index in [4.69, 9.17) is 9.47 Å². The van der Waals surface area contributed by atoms with Gasteiger partial charge in [0.2, 0.25) is 0 Å². The lowest BCUT2D eigenvalue weighted by molar-refractivity contribution is 0.180. The number of guanidine groups is 1. The monoisotopic (exact) mass is 497 g/mol. The molecule has 0 amide bonds. The van der Waals surface area contributed by atoms with Crippen molar-refractivity contribution < 1.29 is 9.47 Å².